The van der Waals surface area contributed by atoms with E-state index in [9.17, 15) is 4.79 Å². The summed E-state index contributed by atoms with van der Waals surface area (Å²) in [4.78, 5) is 12.7. The van der Waals surface area contributed by atoms with Crippen molar-refractivity contribution in [3.05, 3.63) is 95.6 Å². The minimum Gasteiger partial charge on any atom is -0.491 e. The molecule has 4 nitrogen and oxygen atoms in total. The average Bonchev–Trinajstić information content (AvgIpc) is 2.73. The number of amides is 1. The highest BCUT2D eigenvalue weighted by molar-refractivity contribution is 5.97. The molecule has 0 fully saturated rings. The molecule has 3 rings (SSSR count). The number of hydrogen-bond donors (Lipinski definition) is 1. The van der Waals surface area contributed by atoms with Crippen molar-refractivity contribution in [2.75, 3.05) is 6.61 Å². The molecule has 0 radical (unpaired) electrons. The molecule has 0 aliphatic carbocycles. The number of para-hydroxylation sites is 1. The van der Waals surface area contributed by atoms with Crippen LogP contribution in [-0.4, -0.2) is 18.6 Å². The number of aryl methyl sites for hydroxylation is 1. The van der Waals surface area contributed by atoms with Crippen LogP contribution in [0.1, 0.15) is 28.4 Å². The van der Waals surface area contributed by atoms with E-state index in [0.29, 0.717) is 24.5 Å². The fourth-order valence-electron chi connectivity index (χ4n) is 2.71. The molecule has 144 valence electrons. The molecule has 0 unspecified atom stereocenters. The summed E-state index contributed by atoms with van der Waals surface area (Å²) in [6.07, 6.45) is 0. The second-order valence-corrected chi connectivity index (χ2v) is 6.77. The van der Waals surface area contributed by atoms with Crippen LogP contribution in [0.5, 0.6) is 11.5 Å². The minimum absolute atomic E-state index is 0.143. The van der Waals surface area contributed by atoms with Gasteiger partial charge in [0.15, 0.2) is 0 Å². The van der Waals surface area contributed by atoms with Crippen molar-refractivity contribution in [2.24, 2.45) is 0 Å². The number of ether oxygens (including phenoxy) is 2. The van der Waals surface area contributed by atoms with Crippen molar-refractivity contribution in [1.82, 2.24) is 5.32 Å². The molecular weight excluding hydrogens is 350 g/mol. The lowest BCUT2D eigenvalue weighted by molar-refractivity contribution is 0.0922. The average molecular weight is 375 g/mol. The maximum atomic E-state index is 12.7. The van der Waals surface area contributed by atoms with E-state index in [2.05, 4.69) is 5.32 Å². The second kappa shape index (κ2) is 9.60. The molecule has 28 heavy (non-hydrogen) atoms. The number of hydrogen-bond acceptors (Lipinski definition) is 3. The van der Waals surface area contributed by atoms with Crippen molar-refractivity contribution >= 4 is 5.91 Å². The second-order valence-electron chi connectivity index (χ2n) is 6.77. The van der Waals surface area contributed by atoms with Gasteiger partial charge in [0.1, 0.15) is 24.7 Å². The van der Waals surface area contributed by atoms with Gasteiger partial charge in [0.05, 0.1) is 11.6 Å². The molecule has 1 amide bonds. The van der Waals surface area contributed by atoms with Crippen molar-refractivity contribution in [3.8, 4) is 11.5 Å². The summed E-state index contributed by atoms with van der Waals surface area (Å²) in [5.41, 5.74) is 2.75. The normalized spacial score (nSPS) is 11.5. The van der Waals surface area contributed by atoms with Gasteiger partial charge in [0.25, 0.3) is 5.91 Å². The number of rotatable bonds is 8. The summed E-state index contributed by atoms with van der Waals surface area (Å²) in [6, 6.07) is 24.9. The number of carbonyl (C=O) groups excluding carboxylic acids is 1. The van der Waals surface area contributed by atoms with Gasteiger partial charge in [-0.2, -0.15) is 0 Å². The molecule has 0 saturated heterocycles. The van der Waals surface area contributed by atoms with E-state index in [1.165, 1.54) is 5.56 Å². The Bertz CT molecular complexity index is 891. The first-order valence-electron chi connectivity index (χ1n) is 9.38. The number of nitrogens with one attached hydrogen (secondary N) is 1. The molecule has 0 aromatic heterocycles. The van der Waals surface area contributed by atoms with Crippen LogP contribution in [-0.2, 0) is 6.61 Å². The molecule has 3 aromatic carbocycles. The predicted octanol–water partition coefficient (Wildman–Crippen LogP) is 4.77. The number of benzene rings is 3. The standard InChI is InChI=1S/C24H25NO3/c1-18-12-14-21(15-13-18)27-16-19(2)25-24(26)22-10-6-7-11-23(22)28-17-20-8-4-3-5-9-20/h3-15,19H,16-17H2,1-2H3,(H,25,26)/t19-/m0/s1. The van der Waals surface area contributed by atoms with E-state index in [-0.39, 0.29) is 11.9 Å². The molecule has 3 aromatic rings. The maximum Gasteiger partial charge on any atom is 0.255 e. The molecule has 1 N–H and O–H groups in total. The van der Waals surface area contributed by atoms with Gasteiger partial charge in [-0.15, -0.1) is 0 Å². The first-order valence-corrected chi connectivity index (χ1v) is 9.38. The van der Waals surface area contributed by atoms with E-state index in [0.717, 1.165) is 11.3 Å². The Labute approximate surface area is 166 Å². The van der Waals surface area contributed by atoms with Crippen molar-refractivity contribution in [3.63, 3.8) is 0 Å². The quantitative estimate of drug-likeness (QED) is 0.617. The molecule has 4 heteroatoms. The third kappa shape index (κ3) is 5.61. The lowest BCUT2D eigenvalue weighted by atomic mass is 10.1. The zero-order valence-corrected chi connectivity index (χ0v) is 16.2. The van der Waals surface area contributed by atoms with Gasteiger partial charge in [-0.25, -0.2) is 0 Å². The fourth-order valence-corrected chi connectivity index (χ4v) is 2.71. The van der Waals surface area contributed by atoms with Crippen LogP contribution in [0, 0.1) is 6.92 Å². The molecule has 0 aliphatic rings. The summed E-state index contributed by atoms with van der Waals surface area (Å²) in [5.74, 6) is 1.18. The first kappa shape index (κ1) is 19.5. The summed E-state index contributed by atoms with van der Waals surface area (Å²) in [5, 5.41) is 2.97. The van der Waals surface area contributed by atoms with Crippen molar-refractivity contribution in [1.29, 1.82) is 0 Å². The monoisotopic (exact) mass is 375 g/mol. The Kier molecular flexibility index (Phi) is 6.68. The molecule has 0 heterocycles. The lowest BCUT2D eigenvalue weighted by Crippen LogP contribution is -2.37. The van der Waals surface area contributed by atoms with Crippen LogP contribution in [0.25, 0.3) is 0 Å². The molecule has 0 bridgehead atoms. The summed E-state index contributed by atoms with van der Waals surface area (Å²) in [6.45, 7) is 4.75. The summed E-state index contributed by atoms with van der Waals surface area (Å²) in [7, 11) is 0. The largest absolute Gasteiger partial charge is 0.491 e. The third-order valence-corrected chi connectivity index (χ3v) is 4.27. The molecule has 0 aliphatic heterocycles. The van der Waals surface area contributed by atoms with Crippen LogP contribution in [0.2, 0.25) is 0 Å². The van der Waals surface area contributed by atoms with E-state index >= 15 is 0 Å². The van der Waals surface area contributed by atoms with Crippen LogP contribution in [0.4, 0.5) is 0 Å². The Morgan fingerprint density at radius 2 is 1.57 bits per heavy atom. The Hall–Kier alpha value is -3.27. The van der Waals surface area contributed by atoms with E-state index in [1.807, 2.05) is 86.6 Å². The van der Waals surface area contributed by atoms with E-state index in [4.69, 9.17) is 9.47 Å². The van der Waals surface area contributed by atoms with Crippen molar-refractivity contribution in [2.45, 2.75) is 26.5 Å². The van der Waals surface area contributed by atoms with E-state index in [1.54, 1.807) is 6.07 Å². The van der Waals surface area contributed by atoms with Gasteiger partial charge >= 0.3 is 0 Å². The van der Waals surface area contributed by atoms with Crippen LogP contribution in [0.15, 0.2) is 78.9 Å². The highest BCUT2D eigenvalue weighted by Gasteiger charge is 2.15. The summed E-state index contributed by atoms with van der Waals surface area (Å²) >= 11 is 0. The van der Waals surface area contributed by atoms with Gasteiger partial charge in [-0.3, -0.25) is 4.79 Å². The fraction of sp³-hybridized carbons (Fsp3) is 0.208. The Morgan fingerprint density at radius 1 is 0.893 bits per heavy atom. The zero-order valence-electron chi connectivity index (χ0n) is 16.2. The molecule has 0 spiro atoms. The van der Waals surface area contributed by atoms with Gasteiger partial charge < -0.3 is 14.8 Å². The molecule has 0 saturated carbocycles. The SMILES string of the molecule is Cc1ccc(OC[C@H](C)NC(=O)c2ccccc2OCc2ccccc2)cc1. The molecular formula is C24H25NO3. The smallest absolute Gasteiger partial charge is 0.255 e. The van der Waals surface area contributed by atoms with Gasteiger partial charge in [0.2, 0.25) is 0 Å². The van der Waals surface area contributed by atoms with Crippen LogP contribution in [0.3, 0.4) is 0 Å². The minimum atomic E-state index is -0.177. The Balaban J connectivity index is 1.56. The number of carbonyl (C=O) groups is 1. The van der Waals surface area contributed by atoms with Gasteiger partial charge in [-0.1, -0.05) is 60.2 Å². The topological polar surface area (TPSA) is 47.6 Å². The first-order chi connectivity index (χ1) is 13.6. The predicted molar refractivity (Wildman–Crippen MR) is 111 cm³/mol. The zero-order chi connectivity index (χ0) is 19.8. The third-order valence-electron chi connectivity index (χ3n) is 4.27. The van der Waals surface area contributed by atoms with E-state index < -0.39 is 0 Å². The highest BCUT2D eigenvalue weighted by Crippen LogP contribution is 2.19. The van der Waals surface area contributed by atoms with Gasteiger partial charge in [-0.05, 0) is 43.7 Å². The highest BCUT2D eigenvalue weighted by atomic mass is 16.5. The Morgan fingerprint density at radius 3 is 2.32 bits per heavy atom. The lowest BCUT2D eigenvalue weighted by Gasteiger charge is -2.17. The van der Waals surface area contributed by atoms with Crippen LogP contribution >= 0.6 is 0 Å². The molecule has 1 atom stereocenters. The van der Waals surface area contributed by atoms with Gasteiger partial charge in [0, 0.05) is 0 Å². The maximum absolute atomic E-state index is 12.7. The van der Waals surface area contributed by atoms with Crippen molar-refractivity contribution < 1.29 is 14.3 Å². The summed E-state index contributed by atoms with van der Waals surface area (Å²) < 4.78 is 11.6. The van der Waals surface area contributed by atoms with Crippen LogP contribution < -0.4 is 14.8 Å².